The molecule has 0 saturated heterocycles. The molecule has 0 saturated carbocycles. The van der Waals surface area contributed by atoms with Crippen LogP contribution in [0, 0.1) is 0 Å². The third-order valence-corrected chi connectivity index (χ3v) is 6.35. The van der Waals surface area contributed by atoms with Crippen molar-refractivity contribution in [2.75, 3.05) is 0 Å². The molecule has 1 aliphatic rings. The Morgan fingerprint density at radius 1 is 1.17 bits per heavy atom. The van der Waals surface area contributed by atoms with E-state index < -0.39 is 34.9 Å². The third kappa shape index (κ3) is 1.62. The van der Waals surface area contributed by atoms with Gasteiger partial charge in [0.15, 0.2) is 19.4 Å². The van der Waals surface area contributed by atoms with E-state index in [2.05, 4.69) is 0 Å². The summed E-state index contributed by atoms with van der Waals surface area (Å²) >= 11 is 0. The molecule has 12 heavy (non-hydrogen) atoms. The summed E-state index contributed by atoms with van der Waals surface area (Å²) in [5.41, 5.74) is -2.33. The normalized spacial score (nSPS) is 20.2. The van der Waals surface area contributed by atoms with Crippen molar-refractivity contribution >= 4 is 29.4 Å². The molecule has 1 aliphatic heterocycles. The molecule has 0 fully saturated rings. The first kappa shape index (κ1) is 9.96. The Hall–Kier alpha value is -0.126. The summed E-state index contributed by atoms with van der Waals surface area (Å²) < 4.78 is 57.2. The number of rotatable bonds is 1. The molecule has 0 aromatic carbocycles. The minimum Gasteiger partial charge on any atom is -0.232 e. The van der Waals surface area contributed by atoms with Gasteiger partial charge < -0.3 is 0 Å². The van der Waals surface area contributed by atoms with Crippen LogP contribution in [-0.4, -0.2) is 36.9 Å². The summed E-state index contributed by atoms with van der Waals surface area (Å²) in [7, 11) is -5.92. The van der Waals surface area contributed by atoms with Crippen molar-refractivity contribution in [2.24, 2.45) is 0 Å². The Bertz CT molecular complexity index is 289. The summed E-state index contributed by atoms with van der Waals surface area (Å²) in [5.74, 6) is 0. The molecule has 1 rings (SSSR count). The highest BCUT2D eigenvalue weighted by molar-refractivity contribution is 7.92. The summed E-state index contributed by atoms with van der Waals surface area (Å²) in [5, 5.41) is 0. The van der Waals surface area contributed by atoms with Crippen LogP contribution >= 0.6 is 0 Å². The molecular weight excluding hydrogens is 227 g/mol. The van der Waals surface area contributed by atoms with Crippen molar-refractivity contribution in [3.05, 3.63) is 11.4 Å². The van der Waals surface area contributed by atoms with Gasteiger partial charge in [0.1, 0.15) is 0 Å². The SMILES string of the molecule is O=S(=O)(N1[Si]C=C[Si]1)C(F)(F)F. The molecule has 0 aromatic heterocycles. The van der Waals surface area contributed by atoms with Crippen LogP contribution in [0.3, 0.4) is 0 Å². The van der Waals surface area contributed by atoms with Crippen molar-refractivity contribution in [2.45, 2.75) is 5.51 Å². The van der Waals surface area contributed by atoms with Gasteiger partial charge in [-0.05, 0) is 0 Å². The van der Waals surface area contributed by atoms with Gasteiger partial charge in [-0.1, -0.05) is 11.4 Å². The van der Waals surface area contributed by atoms with Crippen LogP contribution in [0.1, 0.15) is 0 Å². The fourth-order valence-corrected chi connectivity index (χ4v) is 4.41. The largest absolute Gasteiger partial charge is 0.510 e. The average molecular weight is 229 g/mol. The summed E-state index contributed by atoms with van der Waals surface area (Å²) in [4.78, 5) is 0. The molecule has 0 atom stereocenters. The van der Waals surface area contributed by atoms with E-state index in [0.717, 1.165) is 0 Å². The van der Waals surface area contributed by atoms with Crippen LogP contribution in [0.2, 0.25) is 0 Å². The molecule has 0 N–H and O–H groups in total. The minimum atomic E-state index is -5.17. The Morgan fingerprint density at radius 2 is 1.58 bits per heavy atom. The standard InChI is InChI=1S/C3H2F3NO2SSi2/c4-3(5,6)10(8,9)7-11-1-2-12-7/h1-2H. The highest BCUT2D eigenvalue weighted by Gasteiger charge is 2.49. The van der Waals surface area contributed by atoms with E-state index in [1.165, 1.54) is 11.4 Å². The van der Waals surface area contributed by atoms with Crippen LogP contribution in [0.15, 0.2) is 11.4 Å². The molecule has 66 valence electrons. The molecule has 0 bridgehead atoms. The zero-order chi connectivity index (χ0) is 9.41. The van der Waals surface area contributed by atoms with Gasteiger partial charge in [0.05, 0.1) is 0 Å². The van der Waals surface area contributed by atoms with Gasteiger partial charge in [-0.25, -0.2) is 12.1 Å². The highest BCUT2D eigenvalue weighted by atomic mass is 32.2. The molecule has 0 unspecified atom stereocenters. The molecule has 0 spiro atoms. The van der Waals surface area contributed by atoms with Crippen molar-refractivity contribution < 1.29 is 21.6 Å². The lowest BCUT2D eigenvalue weighted by Crippen LogP contribution is -2.41. The quantitative estimate of drug-likeness (QED) is 0.587. The van der Waals surface area contributed by atoms with E-state index in [4.69, 9.17) is 0 Å². The second kappa shape index (κ2) is 2.98. The van der Waals surface area contributed by atoms with Crippen LogP contribution in [0.25, 0.3) is 0 Å². The number of sulfonamides is 1. The molecule has 0 aliphatic carbocycles. The fraction of sp³-hybridized carbons (Fsp3) is 0.333. The van der Waals surface area contributed by atoms with E-state index in [9.17, 15) is 21.6 Å². The van der Waals surface area contributed by atoms with Gasteiger partial charge in [-0.3, -0.25) is 0 Å². The number of hydrogen-bond donors (Lipinski definition) is 0. The Balaban J connectivity index is 2.87. The van der Waals surface area contributed by atoms with Crippen LogP contribution in [0.4, 0.5) is 13.2 Å². The average Bonchev–Trinajstić information content (AvgIpc) is 2.34. The second-order valence-electron chi connectivity index (χ2n) is 1.81. The molecule has 1 heterocycles. The van der Waals surface area contributed by atoms with E-state index in [0.29, 0.717) is 3.64 Å². The van der Waals surface area contributed by atoms with Gasteiger partial charge in [0.25, 0.3) is 0 Å². The van der Waals surface area contributed by atoms with Gasteiger partial charge >= 0.3 is 15.5 Å². The van der Waals surface area contributed by atoms with E-state index in [1.54, 1.807) is 0 Å². The monoisotopic (exact) mass is 229 g/mol. The van der Waals surface area contributed by atoms with E-state index in [1.807, 2.05) is 0 Å². The van der Waals surface area contributed by atoms with E-state index >= 15 is 0 Å². The van der Waals surface area contributed by atoms with Crippen molar-refractivity contribution in [3.63, 3.8) is 0 Å². The third-order valence-electron chi connectivity index (χ3n) is 1.000. The van der Waals surface area contributed by atoms with Crippen molar-refractivity contribution in [1.29, 1.82) is 0 Å². The predicted octanol–water partition coefficient (Wildman–Crippen LogP) is -0.139. The first-order chi connectivity index (χ1) is 5.36. The zero-order valence-electron chi connectivity index (χ0n) is 5.46. The van der Waals surface area contributed by atoms with Gasteiger partial charge in [-0.15, -0.1) is 0 Å². The van der Waals surface area contributed by atoms with Crippen LogP contribution in [0.5, 0.6) is 0 Å². The van der Waals surface area contributed by atoms with Crippen LogP contribution in [-0.2, 0) is 10.0 Å². The maximum Gasteiger partial charge on any atom is 0.510 e. The number of alkyl halides is 3. The smallest absolute Gasteiger partial charge is 0.232 e. The fourth-order valence-electron chi connectivity index (χ4n) is 0.489. The second-order valence-corrected chi connectivity index (χ2v) is 6.76. The number of halogens is 3. The van der Waals surface area contributed by atoms with Crippen LogP contribution < -0.4 is 0 Å². The summed E-state index contributed by atoms with van der Waals surface area (Å²) in [6.45, 7) is 0. The first-order valence-electron chi connectivity index (χ1n) is 2.64. The van der Waals surface area contributed by atoms with E-state index in [-0.39, 0.29) is 0 Å². The zero-order valence-corrected chi connectivity index (χ0v) is 8.28. The predicted molar refractivity (Wildman–Crippen MR) is 37.5 cm³/mol. The molecule has 0 amide bonds. The number of hydrogen-bond acceptors (Lipinski definition) is 2. The van der Waals surface area contributed by atoms with Gasteiger partial charge in [0.2, 0.25) is 0 Å². The maximum atomic E-state index is 11.8. The van der Waals surface area contributed by atoms with Gasteiger partial charge in [0, 0.05) is 0 Å². The Morgan fingerprint density at radius 3 is 1.92 bits per heavy atom. The lowest BCUT2D eigenvalue weighted by atomic mass is 11.2. The van der Waals surface area contributed by atoms with Gasteiger partial charge in [-0.2, -0.15) is 13.2 Å². The first-order valence-corrected chi connectivity index (χ1v) is 6.13. The number of nitrogens with zero attached hydrogens (tertiary/aromatic N) is 1. The Labute approximate surface area is 72.1 Å². The van der Waals surface area contributed by atoms with Crippen molar-refractivity contribution in [3.8, 4) is 0 Å². The molecule has 3 nitrogen and oxygen atoms in total. The van der Waals surface area contributed by atoms with Crippen molar-refractivity contribution in [1.82, 2.24) is 3.64 Å². The lowest BCUT2D eigenvalue weighted by molar-refractivity contribution is -0.0457. The topological polar surface area (TPSA) is 37.4 Å². The molecule has 4 radical (unpaired) electrons. The molecule has 9 heteroatoms. The molecule has 0 aromatic rings. The maximum absolute atomic E-state index is 11.8. The summed E-state index contributed by atoms with van der Waals surface area (Å²) in [6, 6.07) is 0. The lowest BCUT2D eigenvalue weighted by Gasteiger charge is -2.16. The minimum absolute atomic E-state index is 0.418. The molecular formula is C3H2F3NO2SSi2. The Kier molecular flexibility index (Phi) is 2.47. The highest BCUT2D eigenvalue weighted by Crippen LogP contribution is 2.26. The summed E-state index contributed by atoms with van der Waals surface area (Å²) in [6.07, 6.45) is 0.